The first kappa shape index (κ1) is 33.4. The summed E-state index contributed by atoms with van der Waals surface area (Å²) in [4.78, 5) is 60.9. The van der Waals surface area contributed by atoms with Crippen LogP contribution in [-0.4, -0.2) is 43.3 Å². The highest BCUT2D eigenvalue weighted by Gasteiger charge is 2.43. The van der Waals surface area contributed by atoms with E-state index in [0.717, 1.165) is 5.56 Å². The van der Waals surface area contributed by atoms with E-state index in [1.807, 2.05) is 39.0 Å². The van der Waals surface area contributed by atoms with Crippen LogP contribution in [0.5, 0.6) is 5.75 Å². The average Bonchev–Trinajstić information content (AvgIpc) is 2.95. The quantitative estimate of drug-likeness (QED) is 0.231. The number of nitrogens with zero attached hydrogens (tertiary/aromatic N) is 1. The van der Waals surface area contributed by atoms with Crippen molar-refractivity contribution in [2.45, 2.75) is 64.7 Å². The summed E-state index contributed by atoms with van der Waals surface area (Å²) in [6, 6.07) is 19.0. The van der Waals surface area contributed by atoms with E-state index in [9.17, 15) is 24.3 Å². The molecular formula is C35H38N4O7. The molecule has 4 aromatic rings. The first-order valence-electron chi connectivity index (χ1n) is 14.6. The van der Waals surface area contributed by atoms with Crippen LogP contribution in [0.4, 0.5) is 4.79 Å². The fourth-order valence-electron chi connectivity index (χ4n) is 4.59. The first-order valence-corrected chi connectivity index (χ1v) is 14.6. The van der Waals surface area contributed by atoms with Gasteiger partial charge in [0.15, 0.2) is 5.54 Å². The molecule has 2 aromatic heterocycles. The third kappa shape index (κ3) is 8.81. The highest BCUT2D eigenvalue weighted by molar-refractivity contribution is 5.86. The van der Waals surface area contributed by atoms with Crippen LogP contribution < -0.4 is 31.9 Å². The van der Waals surface area contributed by atoms with Crippen LogP contribution >= 0.6 is 0 Å². The molecule has 0 saturated carbocycles. The molecule has 46 heavy (non-hydrogen) atoms. The number of carboxylic acid groups (broad SMARTS) is 1. The second-order valence-electron chi connectivity index (χ2n) is 12.8. The summed E-state index contributed by atoms with van der Waals surface area (Å²) < 4.78 is 11.3. The number of amides is 1. The van der Waals surface area contributed by atoms with Gasteiger partial charge < -0.3 is 29.9 Å². The predicted octanol–water partition coefficient (Wildman–Crippen LogP) is 3.34. The van der Waals surface area contributed by atoms with Gasteiger partial charge in [0.25, 0.3) is 11.1 Å². The van der Waals surface area contributed by atoms with Gasteiger partial charge in [0.2, 0.25) is 0 Å². The Bertz CT molecular complexity index is 1930. The van der Waals surface area contributed by atoms with Crippen LogP contribution in [-0.2, 0) is 21.5 Å². The van der Waals surface area contributed by atoms with Crippen LogP contribution in [0.3, 0.4) is 0 Å². The number of carbonyl (C=O) groups excluding carboxylic acids is 1. The van der Waals surface area contributed by atoms with Crippen molar-refractivity contribution in [1.82, 2.24) is 20.3 Å². The Balaban J connectivity index is 1.72. The number of benzene rings is 2. The van der Waals surface area contributed by atoms with Gasteiger partial charge in [-0.15, -0.1) is 0 Å². The summed E-state index contributed by atoms with van der Waals surface area (Å²) in [7, 11) is 0. The van der Waals surface area contributed by atoms with E-state index < -0.39 is 39.9 Å². The second kappa shape index (κ2) is 13.3. The first-order chi connectivity index (χ1) is 21.5. The van der Waals surface area contributed by atoms with E-state index in [4.69, 9.17) is 9.47 Å². The molecule has 4 N–H and O–H groups in total. The standard InChI is InChI=1S/C35H38N4O7/c1-33(2,3)45-26-16-12-23(13-17-26)20-35(31(42)43,39-32(44)46-34(4,5)6)24-14-15-25(36-21-24)19-28-30(41)37-27(29(40)38-28)18-22-10-8-7-9-11-22/h7-19,21H,20H2,1-6H3,(H,37,41)(H,38,40)(H,39,44)(H,42,43)/b27-18-,28-19-. The molecule has 0 bridgehead atoms. The number of nitrogens with one attached hydrogen (secondary N) is 3. The number of aliphatic carboxylic acids is 1. The van der Waals surface area contributed by atoms with E-state index in [-0.39, 0.29) is 28.4 Å². The van der Waals surface area contributed by atoms with E-state index in [0.29, 0.717) is 11.3 Å². The highest BCUT2D eigenvalue weighted by Crippen LogP contribution is 2.29. The minimum Gasteiger partial charge on any atom is -0.488 e. The van der Waals surface area contributed by atoms with Crippen LogP contribution in [0, 0.1) is 0 Å². The highest BCUT2D eigenvalue weighted by atomic mass is 16.6. The van der Waals surface area contributed by atoms with Gasteiger partial charge in [-0.1, -0.05) is 48.5 Å². The minimum atomic E-state index is -1.97. The lowest BCUT2D eigenvalue weighted by atomic mass is 9.84. The monoisotopic (exact) mass is 626 g/mol. The van der Waals surface area contributed by atoms with Crippen LogP contribution in [0.15, 0.2) is 82.5 Å². The summed E-state index contributed by atoms with van der Waals surface area (Å²) in [6.07, 6.45) is 3.17. The van der Waals surface area contributed by atoms with Crippen molar-refractivity contribution in [2.24, 2.45) is 0 Å². The molecule has 4 rings (SSSR count). The molecule has 240 valence electrons. The molecule has 11 nitrogen and oxygen atoms in total. The Morgan fingerprint density at radius 2 is 1.43 bits per heavy atom. The number of ether oxygens (including phenoxy) is 2. The maximum atomic E-state index is 13.0. The lowest BCUT2D eigenvalue weighted by Crippen LogP contribution is -2.54. The number of rotatable bonds is 8. The van der Waals surface area contributed by atoms with Gasteiger partial charge in [-0.05, 0) is 83.0 Å². The Labute approximate surface area is 265 Å². The number of aromatic amines is 2. The fourth-order valence-corrected chi connectivity index (χ4v) is 4.59. The molecule has 1 atom stereocenters. The number of carboxylic acids is 1. The summed E-state index contributed by atoms with van der Waals surface area (Å²) in [5.74, 6) is -0.726. The molecule has 0 spiro atoms. The smallest absolute Gasteiger partial charge is 0.408 e. The van der Waals surface area contributed by atoms with Crippen molar-refractivity contribution < 1.29 is 24.2 Å². The Morgan fingerprint density at radius 3 is 1.96 bits per heavy atom. The van der Waals surface area contributed by atoms with Gasteiger partial charge in [0.05, 0.1) is 5.69 Å². The number of hydrogen-bond acceptors (Lipinski definition) is 7. The average molecular weight is 627 g/mol. The molecular weight excluding hydrogens is 588 g/mol. The topological polar surface area (TPSA) is 163 Å². The minimum absolute atomic E-state index is 0.0376. The molecule has 11 heteroatoms. The van der Waals surface area contributed by atoms with Gasteiger partial charge in [0.1, 0.15) is 27.6 Å². The number of carbonyl (C=O) groups is 2. The molecule has 1 unspecified atom stereocenters. The predicted molar refractivity (Wildman–Crippen MR) is 174 cm³/mol. The molecule has 0 radical (unpaired) electrons. The summed E-state index contributed by atoms with van der Waals surface area (Å²) in [5.41, 5.74) is -2.54. The van der Waals surface area contributed by atoms with Crippen LogP contribution in [0.25, 0.3) is 12.2 Å². The van der Waals surface area contributed by atoms with Crippen LogP contribution in [0.1, 0.15) is 63.9 Å². The SMILES string of the molecule is CC(C)(C)OC(=O)NC(Cc1ccc(OC(C)(C)C)cc1)(C(=O)O)c1ccc(/C=c2\[nH]c(=O)/c(=C/c3ccccc3)[nH]c2=O)nc1. The molecule has 0 aliphatic carbocycles. The van der Waals surface area contributed by atoms with Gasteiger partial charge in [-0.25, -0.2) is 9.59 Å². The number of aromatic nitrogens is 3. The molecule has 0 aliphatic rings. The number of hydrogen-bond donors (Lipinski definition) is 4. The Hall–Kier alpha value is -5.45. The number of H-pyrrole nitrogens is 2. The van der Waals surface area contributed by atoms with Gasteiger partial charge in [-0.3, -0.25) is 14.6 Å². The zero-order valence-corrected chi connectivity index (χ0v) is 26.6. The van der Waals surface area contributed by atoms with Crippen molar-refractivity contribution >= 4 is 24.2 Å². The molecule has 0 fully saturated rings. The molecule has 0 aliphatic heterocycles. The van der Waals surface area contributed by atoms with Crippen molar-refractivity contribution in [3.63, 3.8) is 0 Å². The largest absolute Gasteiger partial charge is 0.488 e. The van der Waals surface area contributed by atoms with Crippen molar-refractivity contribution in [1.29, 1.82) is 0 Å². The number of pyridine rings is 1. The van der Waals surface area contributed by atoms with Gasteiger partial charge >= 0.3 is 12.1 Å². The maximum absolute atomic E-state index is 13.0. The van der Waals surface area contributed by atoms with Crippen molar-refractivity contribution in [2.75, 3.05) is 0 Å². The summed E-state index contributed by atoms with van der Waals surface area (Å²) >= 11 is 0. The van der Waals surface area contributed by atoms with E-state index in [2.05, 4.69) is 20.3 Å². The van der Waals surface area contributed by atoms with Gasteiger partial charge in [0, 0.05) is 18.2 Å². The lowest BCUT2D eigenvalue weighted by Gasteiger charge is -2.32. The maximum Gasteiger partial charge on any atom is 0.408 e. The van der Waals surface area contributed by atoms with Crippen molar-refractivity contribution in [3.05, 3.63) is 127 Å². The molecule has 2 aromatic carbocycles. The van der Waals surface area contributed by atoms with Crippen LogP contribution in [0.2, 0.25) is 0 Å². The summed E-state index contributed by atoms with van der Waals surface area (Å²) in [6.45, 7) is 10.8. The Morgan fingerprint density at radius 1 is 0.826 bits per heavy atom. The molecule has 1 amide bonds. The normalized spacial score (nSPS) is 14.0. The van der Waals surface area contributed by atoms with E-state index in [1.54, 1.807) is 63.2 Å². The zero-order chi connectivity index (χ0) is 33.7. The molecule has 0 saturated heterocycles. The van der Waals surface area contributed by atoms with Gasteiger partial charge in [-0.2, -0.15) is 0 Å². The van der Waals surface area contributed by atoms with E-state index >= 15 is 0 Å². The third-order valence-electron chi connectivity index (χ3n) is 6.56. The van der Waals surface area contributed by atoms with E-state index in [1.165, 1.54) is 24.4 Å². The Kier molecular flexibility index (Phi) is 9.65. The summed E-state index contributed by atoms with van der Waals surface area (Å²) in [5, 5.41) is 13.2. The lowest BCUT2D eigenvalue weighted by molar-refractivity contribution is -0.145. The molecule has 2 heterocycles. The zero-order valence-electron chi connectivity index (χ0n) is 26.6. The third-order valence-corrected chi connectivity index (χ3v) is 6.56. The second-order valence-corrected chi connectivity index (χ2v) is 12.8. The number of alkyl carbamates (subject to hydrolysis) is 1. The fraction of sp³-hybridized carbons (Fsp3) is 0.286. The van der Waals surface area contributed by atoms with Crippen molar-refractivity contribution in [3.8, 4) is 5.75 Å².